The van der Waals surface area contributed by atoms with Gasteiger partial charge in [0.1, 0.15) is 12.1 Å². The van der Waals surface area contributed by atoms with E-state index in [1.807, 2.05) is 16.9 Å². The molecule has 0 aromatic carbocycles. The Morgan fingerprint density at radius 1 is 1.47 bits per heavy atom. The average Bonchev–Trinajstić information content (AvgIpc) is 2.68. The summed E-state index contributed by atoms with van der Waals surface area (Å²) in [6.07, 6.45) is 8.04. The van der Waals surface area contributed by atoms with Crippen molar-refractivity contribution < 1.29 is 0 Å². The number of hydrogen-bond donors (Lipinski definition) is 1. The summed E-state index contributed by atoms with van der Waals surface area (Å²) in [5.41, 5.74) is 0.946. The SMILES string of the molecule is CCCn1cc(Nc2ccncn2)cn1. The third kappa shape index (κ3) is 2.52. The van der Waals surface area contributed by atoms with Gasteiger partial charge in [-0.05, 0) is 12.5 Å². The van der Waals surface area contributed by atoms with Gasteiger partial charge >= 0.3 is 0 Å². The van der Waals surface area contributed by atoms with Crippen LogP contribution in [-0.2, 0) is 6.54 Å². The van der Waals surface area contributed by atoms with Crippen molar-refractivity contribution in [1.82, 2.24) is 19.7 Å². The van der Waals surface area contributed by atoms with Crippen molar-refractivity contribution in [3.8, 4) is 0 Å². The molecule has 0 aliphatic heterocycles. The minimum absolute atomic E-state index is 0.779. The topological polar surface area (TPSA) is 55.6 Å². The van der Waals surface area contributed by atoms with Crippen molar-refractivity contribution in [2.75, 3.05) is 5.32 Å². The van der Waals surface area contributed by atoms with Crippen molar-refractivity contribution >= 4 is 11.5 Å². The molecule has 0 aliphatic rings. The number of nitrogens with zero attached hydrogens (tertiary/aromatic N) is 4. The maximum Gasteiger partial charge on any atom is 0.133 e. The summed E-state index contributed by atoms with van der Waals surface area (Å²) < 4.78 is 1.91. The van der Waals surface area contributed by atoms with E-state index in [1.54, 1.807) is 12.4 Å². The molecule has 0 saturated heterocycles. The molecule has 5 nitrogen and oxygen atoms in total. The van der Waals surface area contributed by atoms with Crippen LogP contribution in [0.5, 0.6) is 0 Å². The highest BCUT2D eigenvalue weighted by Crippen LogP contribution is 2.11. The van der Waals surface area contributed by atoms with E-state index >= 15 is 0 Å². The molecule has 0 saturated carbocycles. The molecular formula is C10H13N5. The molecule has 0 bridgehead atoms. The lowest BCUT2D eigenvalue weighted by Gasteiger charge is -2.00. The third-order valence-electron chi connectivity index (χ3n) is 1.94. The van der Waals surface area contributed by atoms with Crippen LogP contribution in [-0.4, -0.2) is 19.7 Å². The lowest BCUT2D eigenvalue weighted by Crippen LogP contribution is -1.96. The first-order valence-corrected chi connectivity index (χ1v) is 4.94. The molecule has 5 heteroatoms. The minimum atomic E-state index is 0.779. The first-order chi connectivity index (χ1) is 7.38. The van der Waals surface area contributed by atoms with Crippen molar-refractivity contribution in [2.45, 2.75) is 19.9 Å². The van der Waals surface area contributed by atoms with Crippen LogP contribution in [0.25, 0.3) is 0 Å². The first kappa shape index (κ1) is 9.64. The van der Waals surface area contributed by atoms with E-state index in [9.17, 15) is 0 Å². The van der Waals surface area contributed by atoms with Gasteiger partial charge in [-0.25, -0.2) is 9.97 Å². The van der Waals surface area contributed by atoms with Gasteiger partial charge in [0.15, 0.2) is 0 Å². The molecule has 0 fully saturated rings. The standard InChI is InChI=1S/C10H13N5/c1-2-5-15-7-9(6-13-15)14-10-3-4-11-8-12-10/h3-4,6-8H,2,5H2,1H3,(H,11,12,14). The van der Waals surface area contributed by atoms with E-state index in [-0.39, 0.29) is 0 Å². The Bertz CT molecular complexity index is 409. The monoisotopic (exact) mass is 203 g/mol. The highest BCUT2D eigenvalue weighted by Gasteiger charge is 1.98. The highest BCUT2D eigenvalue weighted by atomic mass is 15.3. The maximum absolute atomic E-state index is 4.21. The third-order valence-corrected chi connectivity index (χ3v) is 1.94. The van der Waals surface area contributed by atoms with E-state index in [4.69, 9.17) is 0 Å². The normalized spacial score (nSPS) is 10.2. The van der Waals surface area contributed by atoms with Gasteiger partial charge in [0.05, 0.1) is 11.9 Å². The van der Waals surface area contributed by atoms with E-state index in [0.29, 0.717) is 0 Å². The molecule has 0 radical (unpaired) electrons. The Hall–Kier alpha value is -1.91. The fraction of sp³-hybridized carbons (Fsp3) is 0.300. The fourth-order valence-corrected chi connectivity index (χ4v) is 1.29. The Kier molecular flexibility index (Phi) is 2.92. The number of aryl methyl sites for hydroxylation is 1. The zero-order valence-electron chi connectivity index (χ0n) is 8.59. The van der Waals surface area contributed by atoms with Gasteiger partial charge in [-0.15, -0.1) is 0 Å². The lowest BCUT2D eigenvalue weighted by molar-refractivity contribution is 0.603. The molecular weight excluding hydrogens is 190 g/mol. The number of nitrogens with one attached hydrogen (secondary N) is 1. The van der Waals surface area contributed by atoms with Crippen LogP contribution in [0.4, 0.5) is 11.5 Å². The molecule has 0 unspecified atom stereocenters. The van der Waals surface area contributed by atoms with Gasteiger partial charge in [-0.1, -0.05) is 6.92 Å². The molecule has 2 heterocycles. The molecule has 2 aromatic rings. The Morgan fingerprint density at radius 2 is 2.40 bits per heavy atom. The molecule has 0 amide bonds. The van der Waals surface area contributed by atoms with Crippen LogP contribution in [0.15, 0.2) is 31.0 Å². The van der Waals surface area contributed by atoms with Gasteiger partial charge in [-0.2, -0.15) is 5.10 Å². The molecule has 1 N–H and O–H groups in total. The van der Waals surface area contributed by atoms with E-state index in [0.717, 1.165) is 24.5 Å². The van der Waals surface area contributed by atoms with Gasteiger partial charge < -0.3 is 5.32 Å². The zero-order valence-corrected chi connectivity index (χ0v) is 8.59. The van der Waals surface area contributed by atoms with Crippen LogP contribution in [0.3, 0.4) is 0 Å². The summed E-state index contributed by atoms with van der Waals surface area (Å²) in [5, 5.41) is 7.36. The van der Waals surface area contributed by atoms with Crippen LogP contribution in [0.1, 0.15) is 13.3 Å². The molecule has 0 aliphatic carbocycles. The van der Waals surface area contributed by atoms with Gasteiger partial charge in [0, 0.05) is 18.9 Å². The molecule has 2 aromatic heterocycles. The van der Waals surface area contributed by atoms with E-state index in [2.05, 4.69) is 27.3 Å². The molecule has 0 spiro atoms. The summed E-state index contributed by atoms with van der Waals surface area (Å²) in [7, 11) is 0. The van der Waals surface area contributed by atoms with Crippen molar-refractivity contribution in [3.63, 3.8) is 0 Å². The van der Waals surface area contributed by atoms with Crippen molar-refractivity contribution in [2.24, 2.45) is 0 Å². The van der Waals surface area contributed by atoms with Crippen LogP contribution in [0, 0.1) is 0 Å². The minimum Gasteiger partial charge on any atom is -0.338 e. The second-order valence-corrected chi connectivity index (χ2v) is 3.21. The Labute approximate surface area is 88.2 Å². The lowest BCUT2D eigenvalue weighted by atomic mass is 10.5. The number of hydrogen-bond acceptors (Lipinski definition) is 4. The number of aromatic nitrogens is 4. The maximum atomic E-state index is 4.21. The van der Waals surface area contributed by atoms with E-state index in [1.165, 1.54) is 6.33 Å². The molecule has 2 rings (SSSR count). The average molecular weight is 203 g/mol. The zero-order chi connectivity index (χ0) is 10.5. The summed E-state index contributed by atoms with van der Waals surface area (Å²) in [4.78, 5) is 7.92. The Morgan fingerprint density at radius 3 is 3.13 bits per heavy atom. The quantitative estimate of drug-likeness (QED) is 0.823. The molecule has 0 atom stereocenters. The predicted octanol–water partition coefficient (Wildman–Crippen LogP) is 1.83. The largest absolute Gasteiger partial charge is 0.338 e. The number of anilines is 2. The summed E-state index contributed by atoms with van der Waals surface area (Å²) in [6, 6.07) is 1.82. The van der Waals surface area contributed by atoms with Crippen LogP contribution < -0.4 is 5.32 Å². The Balaban J connectivity index is 2.05. The summed E-state index contributed by atoms with van der Waals surface area (Å²) >= 11 is 0. The predicted molar refractivity (Wildman–Crippen MR) is 57.8 cm³/mol. The van der Waals surface area contributed by atoms with Crippen LogP contribution >= 0.6 is 0 Å². The second kappa shape index (κ2) is 4.54. The van der Waals surface area contributed by atoms with Gasteiger partial charge in [0.2, 0.25) is 0 Å². The fourth-order valence-electron chi connectivity index (χ4n) is 1.29. The van der Waals surface area contributed by atoms with Gasteiger partial charge in [0.25, 0.3) is 0 Å². The van der Waals surface area contributed by atoms with Crippen LogP contribution in [0.2, 0.25) is 0 Å². The smallest absolute Gasteiger partial charge is 0.133 e. The van der Waals surface area contributed by atoms with E-state index < -0.39 is 0 Å². The summed E-state index contributed by atoms with van der Waals surface area (Å²) in [6.45, 7) is 3.06. The van der Waals surface area contributed by atoms with Gasteiger partial charge in [-0.3, -0.25) is 4.68 Å². The number of rotatable bonds is 4. The second-order valence-electron chi connectivity index (χ2n) is 3.21. The highest BCUT2D eigenvalue weighted by molar-refractivity contribution is 5.52. The van der Waals surface area contributed by atoms with Crippen molar-refractivity contribution in [3.05, 3.63) is 31.0 Å². The first-order valence-electron chi connectivity index (χ1n) is 4.94. The van der Waals surface area contributed by atoms with Crippen molar-refractivity contribution in [1.29, 1.82) is 0 Å². The summed E-state index contributed by atoms with van der Waals surface area (Å²) in [5.74, 6) is 0.779. The molecule has 78 valence electrons. The molecule has 15 heavy (non-hydrogen) atoms.